The van der Waals surface area contributed by atoms with Crippen molar-refractivity contribution in [2.75, 3.05) is 20.3 Å². The lowest BCUT2D eigenvalue weighted by atomic mass is 9.72. The highest BCUT2D eigenvalue weighted by Crippen LogP contribution is 2.52. The number of hydrogen-bond donors (Lipinski definition) is 5. The number of ether oxygens (including phenoxy) is 5. The number of ketones is 3. The molecule has 2 aliphatic heterocycles. The van der Waals surface area contributed by atoms with Gasteiger partial charge in [0.15, 0.2) is 24.1 Å². The molecular formula is C32H38ClNO12. The Morgan fingerprint density at radius 3 is 2.46 bits per heavy atom. The van der Waals surface area contributed by atoms with Crippen LogP contribution in [-0.4, -0.2) is 94.5 Å². The van der Waals surface area contributed by atoms with E-state index in [0.717, 1.165) is 19.3 Å². The first-order valence-corrected chi connectivity index (χ1v) is 15.1. The molecule has 14 heteroatoms. The first kappa shape index (κ1) is 34.2. The van der Waals surface area contributed by atoms with Gasteiger partial charge < -0.3 is 49.8 Å². The maximum absolute atomic E-state index is 13.8. The molecule has 2 heterocycles. The number of carbonyl (C=O) groups is 3. The summed E-state index contributed by atoms with van der Waals surface area (Å²) >= 11 is 0. The minimum Gasteiger partial charge on any atom is -0.507 e. The molecule has 0 radical (unpaired) electrons. The Bertz CT molecular complexity index is 1530. The van der Waals surface area contributed by atoms with Crippen molar-refractivity contribution in [3.05, 3.63) is 51.6 Å². The summed E-state index contributed by atoms with van der Waals surface area (Å²) in [5.74, 6) is -3.67. The minimum absolute atomic E-state index is 0. The summed E-state index contributed by atoms with van der Waals surface area (Å²) in [5, 5.41) is 44.2. The van der Waals surface area contributed by atoms with Crippen LogP contribution >= 0.6 is 12.4 Å². The molecule has 7 atom stereocenters. The van der Waals surface area contributed by atoms with Crippen LogP contribution in [-0.2, 0) is 30.2 Å². The molecule has 1 unspecified atom stereocenters. The third kappa shape index (κ3) is 5.69. The topological polar surface area (TPSA) is 204 Å². The number of fused-ring (bicyclic) bond motifs is 3. The summed E-state index contributed by atoms with van der Waals surface area (Å²) in [6.45, 7) is 1.35. The summed E-state index contributed by atoms with van der Waals surface area (Å²) in [5.41, 5.74) is 2.98. The third-order valence-corrected chi connectivity index (χ3v) is 9.22. The van der Waals surface area contributed by atoms with Crippen molar-refractivity contribution in [2.45, 2.75) is 88.0 Å². The molecule has 6 N–H and O–H groups in total. The zero-order valence-electron chi connectivity index (χ0n) is 25.4. The van der Waals surface area contributed by atoms with Crippen molar-refractivity contribution in [1.82, 2.24) is 0 Å². The smallest absolute Gasteiger partial charge is 0.202 e. The maximum atomic E-state index is 13.8. The number of rotatable bonds is 7. The molecule has 2 saturated heterocycles. The summed E-state index contributed by atoms with van der Waals surface area (Å²) in [6.07, 6.45) is -2.03. The highest BCUT2D eigenvalue weighted by Gasteiger charge is 2.50. The number of phenols is 2. The van der Waals surface area contributed by atoms with Crippen LogP contribution in [0.3, 0.4) is 0 Å². The van der Waals surface area contributed by atoms with Gasteiger partial charge in [-0.05, 0) is 32.3 Å². The van der Waals surface area contributed by atoms with Gasteiger partial charge in [-0.3, -0.25) is 14.4 Å². The Labute approximate surface area is 270 Å². The zero-order chi connectivity index (χ0) is 32.2. The summed E-state index contributed by atoms with van der Waals surface area (Å²) in [4.78, 5) is 40.2. The molecule has 2 aromatic rings. The Hall–Kier alpha value is -3.14. The van der Waals surface area contributed by atoms with Crippen molar-refractivity contribution in [3.63, 3.8) is 0 Å². The van der Waals surface area contributed by atoms with Crippen molar-refractivity contribution in [2.24, 2.45) is 5.73 Å². The fraction of sp³-hybridized carbons (Fsp3) is 0.531. The minimum atomic E-state index is -2.24. The van der Waals surface area contributed by atoms with Crippen LogP contribution in [0.5, 0.6) is 17.2 Å². The van der Waals surface area contributed by atoms with Crippen LogP contribution in [0.1, 0.15) is 88.1 Å². The number of aromatic hydroxyl groups is 2. The maximum Gasteiger partial charge on any atom is 0.202 e. The second-order valence-corrected chi connectivity index (χ2v) is 12.1. The monoisotopic (exact) mass is 663 g/mol. The number of benzene rings is 2. The van der Waals surface area contributed by atoms with Crippen LogP contribution in [0.4, 0.5) is 0 Å². The van der Waals surface area contributed by atoms with Gasteiger partial charge >= 0.3 is 0 Å². The van der Waals surface area contributed by atoms with Gasteiger partial charge in [-0.1, -0.05) is 12.1 Å². The van der Waals surface area contributed by atoms with E-state index in [0.29, 0.717) is 6.61 Å². The largest absolute Gasteiger partial charge is 0.507 e. The quantitative estimate of drug-likeness (QED) is 0.230. The lowest BCUT2D eigenvalue weighted by Crippen LogP contribution is -2.55. The first-order valence-electron chi connectivity index (χ1n) is 15.1. The van der Waals surface area contributed by atoms with Crippen LogP contribution in [0.2, 0.25) is 0 Å². The standard InChI is InChI=1S/C32H37NO12.ClH/c1-14-31(45-21-8-3-4-9-42-21)17(33)10-22(43-14)44-19-12-32(40,20(35)13-34)11-16-24(19)30(39)26-25(28(16)37)27(36)15-6-5-7-18(41-2)23(15)29(26)38;/h5-7,14,17,19,21-22,31,34,37,39-40H,3-4,8-13,33H2,1-2H3;1H/t14-,17-,19-,21?,22-,31+,32-;/m0./s1. The van der Waals surface area contributed by atoms with Crippen molar-refractivity contribution in [1.29, 1.82) is 0 Å². The average Bonchev–Trinajstić information content (AvgIpc) is 3.02. The van der Waals surface area contributed by atoms with Crippen molar-refractivity contribution in [3.8, 4) is 17.2 Å². The van der Waals surface area contributed by atoms with E-state index in [4.69, 9.17) is 29.4 Å². The number of halogens is 1. The number of aliphatic hydroxyl groups is 2. The van der Waals surface area contributed by atoms with Gasteiger partial charge in [0.1, 0.15) is 35.6 Å². The van der Waals surface area contributed by atoms with Gasteiger partial charge in [0.25, 0.3) is 0 Å². The molecule has 2 aliphatic carbocycles. The predicted octanol–water partition coefficient (Wildman–Crippen LogP) is 1.97. The van der Waals surface area contributed by atoms with Gasteiger partial charge in [0.2, 0.25) is 5.78 Å². The van der Waals surface area contributed by atoms with E-state index in [1.807, 2.05) is 0 Å². The second-order valence-electron chi connectivity index (χ2n) is 12.1. The molecule has 0 saturated carbocycles. The SMILES string of the molecule is COc1cccc2c1C(=O)c1c(O)c3c(c(O)c1C2=O)C[C@@](O)(C(=O)CO)C[C@@H]3O[C@H]1C[C@H](N)[C@H](OC2CCCCO2)[C@H](C)O1.Cl. The average molecular weight is 664 g/mol. The third-order valence-electron chi connectivity index (χ3n) is 9.22. The van der Waals surface area contributed by atoms with Crippen molar-refractivity contribution >= 4 is 29.8 Å². The molecule has 0 aromatic heterocycles. The lowest BCUT2D eigenvalue weighted by molar-refractivity contribution is -0.281. The molecule has 6 rings (SSSR count). The fourth-order valence-corrected chi connectivity index (χ4v) is 6.95. The molecule has 46 heavy (non-hydrogen) atoms. The Morgan fingerprint density at radius 2 is 1.80 bits per heavy atom. The molecule has 13 nitrogen and oxygen atoms in total. The first-order chi connectivity index (χ1) is 21.5. The number of Topliss-reactive ketones (excluding diaryl/α,β-unsaturated/α-hetero) is 1. The number of aliphatic hydroxyl groups excluding tert-OH is 1. The zero-order valence-corrected chi connectivity index (χ0v) is 26.2. The Morgan fingerprint density at radius 1 is 1.07 bits per heavy atom. The number of hydrogen-bond acceptors (Lipinski definition) is 13. The van der Waals surface area contributed by atoms with E-state index in [1.165, 1.54) is 25.3 Å². The van der Waals surface area contributed by atoms with Crippen LogP contribution in [0.25, 0.3) is 0 Å². The number of phenolic OH excluding ortho intramolecular Hbond substituents is 2. The molecule has 0 bridgehead atoms. The summed E-state index contributed by atoms with van der Waals surface area (Å²) in [6, 6.07) is 3.86. The van der Waals surface area contributed by atoms with Gasteiger partial charge in [-0.25, -0.2) is 0 Å². The molecule has 2 fully saturated rings. The Kier molecular flexibility index (Phi) is 9.79. The van der Waals surface area contributed by atoms with Gasteiger partial charge in [-0.2, -0.15) is 0 Å². The van der Waals surface area contributed by atoms with E-state index in [-0.39, 0.29) is 46.8 Å². The molecule has 250 valence electrons. The molecule has 0 spiro atoms. The summed E-state index contributed by atoms with van der Waals surface area (Å²) < 4.78 is 29.5. The van der Waals surface area contributed by atoms with E-state index in [9.17, 15) is 34.8 Å². The molecular weight excluding hydrogens is 626 g/mol. The highest BCUT2D eigenvalue weighted by atomic mass is 35.5. The van der Waals surface area contributed by atoms with Gasteiger partial charge in [0.05, 0.1) is 36.0 Å². The molecule has 4 aliphatic rings. The Balaban J connectivity index is 0.00000417. The molecule has 2 aromatic carbocycles. The highest BCUT2D eigenvalue weighted by molar-refractivity contribution is 6.31. The van der Waals surface area contributed by atoms with Crippen LogP contribution < -0.4 is 10.5 Å². The summed E-state index contributed by atoms with van der Waals surface area (Å²) in [7, 11) is 1.34. The normalized spacial score (nSPS) is 30.5. The van der Waals surface area contributed by atoms with E-state index < -0.39 is 102 Å². The van der Waals surface area contributed by atoms with Gasteiger partial charge in [0, 0.05) is 48.6 Å². The van der Waals surface area contributed by atoms with E-state index in [2.05, 4.69) is 0 Å². The van der Waals surface area contributed by atoms with Gasteiger partial charge in [-0.15, -0.1) is 12.4 Å². The fourth-order valence-electron chi connectivity index (χ4n) is 6.95. The number of carbonyl (C=O) groups excluding carboxylic acids is 3. The van der Waals surface area contributed by atoms with E-state index >= 15 is 0 Å². The van der Waals surface area contributed by atoms with Crippen molar-refractivity contribution < 1.29 is 58.5 Å². The van der Waals surface area contributed by atoms with E-state index in [1.54, 1.807) is 6.92 Å². The lowest BCUT2D eigenvalue weighted by Gasteiger charge is -2.43. The van der Waals surface area contributed by atoms with Crippen LogP contribution in [0, 0.1) is 0 Å². The predicted molar refractivity (Wildman–Crippen MR) is 161 cm³/mol. The molecule has 0 amide bonds. The second kappa shape index (κ2) is 13.2. The van der Waals surface area contributed by atoms with Crippen LogP contribution in [0.15, 0.2) is 18.2 Å². The number of methoxy groups -OCH3 is 1. The number of nitrogens with two attached hydrogens (primary N) is 1.